The van der Waals surface area contributed by atoms with Gasteiger partial charge >= 0.3 is 0 Å². The molecule has 0 radical (unpaired) electrons. The van der Waals surface area contributed by atoms with Crippen molar-refractivity contribution in [3.63, 3.8) is 0 Å². The van der Waals surface area contributed by atoms with Crippen LogP contribution in [0, 0.1) is 11.3 Å². The summed E-state index contributed by atoms with van der Waals surface area (Å²) < 4.78 is 2.27. The van der Waals surface area contributed by atoms with Gasteiger partial charge in [0.25, 0.3) is 0 Å². The van der Waals surface area contributed by atoms with Crippen LogP contribution in [0.3, 0.4) is 0 Å². The van der Waals surface area contributed by atoms with Crippen molar-refractivity contribution in [2.75, 3.05) is 0 Å². The van der Waals surface area contributed by atoms with Crippen molar-refractivity contribution in [1.82, 2.24) is 9.55 Å². The highest BCUT2D eigenvalue weighted by Crippen LogP contribution is 2.43. The smallest absolute Gasteiger partial charge is 0.0991 e. The Kier molecular flexibility index (Phi) is 6.32. The molecule has 53 heavy (non-hydrogen) atoms. The van der Waals surface area contributed by atoms with Gasteiger partial charge in [0.05, 0.1) is 28.4 Å². The zero-order valence-electron chi connectivity index (χ0n) is 28.6. The number of fused-ring (bicyclic) bond motifs is 4. The number of para-hydroxylation sites is 1. The molecule has 0 saturated carbocycles. The van der Waals surface area contributed by atoms with Crippen molar-refractivity contribution in [3.8, 4) is 45.3 Å². The second-order valence-corrected chi connectivity index (χ2v) is 13.9. The second-order valence-electron chi connectivity index (χ2n) is 13.9. The Morgan fingerprint density at radius 3 is 1.81 bits per heavy atom. The molecule has 3 nitrogen and oxygen atoms in total. The van der Waals surface area contributed by atoms with E-state index < -0.39 is 0 Å². The number of rotatable bonds is 4. The first-order chi connectivity index (χ1) is 26.2. The molecule has 0 N–H and O–H groups in total. The van der Waals surface area contributed by atoms with E-state index in [0.29, 0.717) is 5.56 Å². The number of nitrogens with zero attached hydrogens (tertiary/aromatic N) is 3. The zero-order valence-corrected chi connectivity index (χ0v) is 28.6. The van der Waals surface area contributed by atoms with Crippen LogP contribution in [0.25, 0.3) is 104 Å². The summed E-state index contributed by atoms with van der Waals surface area (Å²) in [6, 6.07) is 63.0. The lowest BCUT2D eigenvalue weighted by Crippen LogP contribution is -1.93. The van der Waals surface area contributed by atoms with Gasteiger partial charge in [0, 0.05) is 33.8 Å². The van der Waals surface area contributed by atoms with Crippen LogP contribution in [0.1, 0.15) is 5.56 Å². The van der Waals surface area contributed by atoms with Gasteiger partial charge in [-0.25, -0.2) is 0 Å². The first-order valence-corrected chi connectivity index (χ1v) is 17.9. The maximum Gasteiger partial charge on any atom is 0.0991 e. The van der Waals surface area contributed by atoms with Crippen LogP contribution in [0.5, 0.6) is 0 Å². The predicted octanol–water partition coefficient (Wildman–Crippen LogP) is 13.1. The summed E-state index contributed by atoms with van der Waals surface area (Å²) in [5.74, 6) is 0. The number of aromatic nitrogens is 2. The summed E-state index contributed by atoms with van der Waals surface area (Å²) in [4.78, 5) is 5.08. The molecule has 11 rings (SSSR count). The molecule has 0 aliphatic carbocycles. The van der Waals surface area contributed by atoms with Gasteiger partial charge in [0.1, 0.15) is 0 Å². The largest absolute Gasteiger partial charge is 0.309 e. The number of hydrogen-bond acceptors (Lipinski definition) is 2. The van der Waals surface area contributed by atoms with Crippen LogP contribution >= 0.6 is 0 Å². The van der Waals surface area contributed by atoms with Crippen molar-refractivity contribution in [1.29, 1.82) is 5.26 Å². The van der Waals surface area contributed by atoms with Gasteiger partial charge in [-0.05, 0) is 114 Å². The minimum absolute atomic E-state index is 0.652. The lowest BCUT2D eigenvalue weighted by atomic mass is 9.87. The topological polar surface area (TPSA) is 41.6 Å². The fourth-order valence-electron chi connectivity index (χ4n) is 8.48. The minimum atomic E-state index is 0.652. The summed E-state index contributed by atoms with van der Waals surface area (Å²) in [6.45, 7) is 0. The highest BCUT2D eigenvalue weighted by molar-refractivity contribution is 6.27. The molecular formula is C50H29N3. The van der Waals surface area contributed by atoms with Crippen LogP contribution < -0.4 is 0 Å². The molecule has 0 unspecified atom stereocenters. The van der Waals surface area contributed by atoms with Crippen molar-refractivity contribution in [2.24, 2.45) is 0 Å². The molecule has 9 aromatic carbocycles. The molecule has 244 valence electrons. The Balaban J connectivity index is 1.03. The number of nitriles is 1. The quantitative estimate of drug-likeness (QED) is 0.175. The average molecular weight is 672 g/mol. The maximum atomic E-state index is 9.72. The standard InChI is InChI=1S/C50H29N3/c51-29-31-10-24-47-44(26-31)45-28-36(18-25-48(45)53(47)39-8-2-1-3-9-39)38-17-23-46(52-30-38)41-20-14-34-15-21-42-40(19-13-33-16-22-43(41)50(34)49(33)42)37-12-11-32-6-4-5-7-35(32)27-37/h1-28,30H. The first-order valence-electron chi connectivity index (χ1n) is 17.9. The van der Waals surface area contributed by atoms with Crippen molar-refractivity contribution >= 4 is 64.9 Å². The monoisotopic (exact) mass is 671 g/mol. The number of pyridine rings is 1. The molecule has 2 heterocycles. The van der Waals surface area contributed by atoms with E-state index in [2.05, 4.69) is 162 Å². The van der Waals surface area contributed by atoms with Crippen molar-refractivity contribution in [3.05, 3.63) is 182 Å². The SMILES string of the molecule is N#Cc1ccc2c(c1)c1cc(-c3ccc(-c4ccc5ccc6c(-c7ccc8ccccc8c7)ccc7ccc4c5c76)nc3)ccc1n2-c1ccccc1. The molecule has 0 fully saturated rings. The van der Waals surface area contributed by atoms with Gasteiger partial charge in [-0.3, -0.25) is 4.98 Å². The molecule has 0 aliphatic rings. The van der Waals surface area contributed by atoms with Crippen LogP contribution in [-0.4, -0.2) is 9.55 Å². The summed E-state index contributed by atoms with van der Waals surface area (Å²) in [5, 5.41) is 21.9. The summed E-state index contributed by atoms with van der Waals surface area (Å²) in [7, 11) is 0. The third kappa shape index (κ3) is 4.50. The van der Waals surface area contributed by atoms with Gasteiger partial charge in [-0.15, -0.1) is 0 Å². The van der Waals surface area contributed by atoms with Crippen LogP contribution in [0.2, 0.25) is 0 Å². The second kappa shape index (κ2) is 11.4. The lowest BCUT2D eigenvalue weighted by Gasteiger charge is -2.16. The average Bonchev–Trinajstić information content (AvgIpc) is 3.55. The summed E-state index contributed by atoms with van der Waals surface area (Å²) in [6.07, 6.45) is 1.99. The Bertz CT molecular complexity index is 3270. The zero-order chi connectivity index (χ0) is 35.0. The third-order valence-electron chi connectivity index (χ3n) is 11.0. The van der Waals surface area contributed by atoms with E-state index in [0.717, 1.165) is 49.9 Å². The van der Waals surface area contributed by atoms with Crippen molar-refractivity contribution < 1.29 is 0 Å². The molecular weight excluding hydrogens is 643 g/mol. The van der Waals surface area contributed by atoms with Crippen LogP contribution in [0.4, 0.5) is 0 Å². The van der Waals surface area contributed by atoms with E-state index >= 15 is 0 Å². The van der Waals surface area contributed by atoms with E-state index in [-0.39, 0.29) is 0 Å². The Hall–Kier alpha value is -7.28. The lowest BCUT2D eigenvalue weighted by molar-refractivity contribution is 1.18. The Morgan fingerprint density at radius 2 is 1.06 bits per heavy atom. The van der Waals surface area contributed by atoms with Gasteiger partial charge < -0.3 is 4.57 Å². The van der Waals surface area contributed by atoms with Crippen molar-refractivity contribution in [2.45, 2.75) is 0 Å². The number of benzene rings is 9. The molecule has 0 atom stereocenters. The van der Waals surface area contributed by atoms with Gasteiger partial charge in [0.15, 0.2) is 0 Å². The fraction of sp³-hybridized carbons (Fsp3) is 0. The highest BCUT2D eigenvalue weighted by atomic mass is 15.0. The van der Waals surface area contributed by atoms with E-state index in [1.165, 1.54) is 54.2 Å². The molecule has 2 aromatic heterocycles. The van der Waals surface area contributed by atoms with E-state index in [1.54, 1.807) is 0 Å². The van der Waals surface area contributed by atoms with Gasteiger partial charge in [-0.2, -0.15) is 5.26 Å². The molecule has 11 aromatic rings. The normalized spacial score (nSPS) is 11.8. The summed E-state index contributed by atoms with van der Waals surface area (Å²) >= 11 is 0. The van der Waals surface area contributed by atoms with Gasteiger partial charge in [0.2, 0.25) is 0 Å². The van der Waals surface area contributed by atoms with E-state index in [4.69, 9.17) is 4.98 Å². The molecule has 0 aliphatic heterocycles. The van der Waals surface area contributed by atoms with Gasteiger partial charge in [-0.1, -0.05) is 115 Å². The Morgan fingerprint density at radius 1 is 0.434 bits per heavy atom. The van der Waals surface area contributed by atoms with E-state index in [9.17, 15) is 5.26 Å². The first kappa shape index (κ1) is 29.5. The third-order valence-corrected chi connectivity index (χ3v) is 11.0. The Labute approximate surface area is 305 Å². The molecule has 0 spiro atoms. The van der Waals surface area contributed by atoms with E-state index in [1.807, 2.05) is 24.4 Å². The summed E-state index contributed by atoms with van der Waals surface area (Å²) in [5.41, 5.74) is 10.6. The molecule has 0 saturated heterocycles. The fourth-order valence-corrected chi connectivity index (χ4v) is 8.48. The molecule has 0 bridgehead atoms. The predicted molar refractivity (Wildman–Crippen MR) is 221 cm³/mol. The van der Waals surface area contributed by atoms with Crippen LogP contribution in [0.15, 0.2) is 176 Å². The maximum absolute atomic E-state index is 9.72. The molecule has 0 amide bonds. The highest BCUT2D eigenvalue weighted by Gasteiger charge is 2.17. The minimum Gasteiger partial charge on any atom is -0.309 e. The van der Waals surface area contributed by atoms with Crippen LogP contribution in [-0.2, 0) is 0 Å². The molecule has 3 heteroatoms. The number of hydrogen-bond donors (Lipinski definition) is 0.